The van der Waals surface area contributed by atoms with Crippen LogP contribution < -0.4 is 15.4 Å². The molecule has 3 N–H and O–H groups in total. The zero-order valence-corrected chi connectivity index (χ0v) is 12.8. The molecular formula is C12H24N6O2. The number of ether oxygens (including phenoxy) is 1. The SMILES string of the molecule is CCOc1nc(NC)nc(NCC(C)(O)CN(C)C)n1. The van der Waals surface area contributed by atoms with Crippen LogP contribution in [0.25, 0.3) is 0 Å². The van der Waals surface area contributed by atoms with E-state index in [9.17, 15) is 5.11 Å². The summed E-state index contributed by atoms with van der Waals surface area (Å²) >= 11 is 0. The molecule has 1 aromatic heterocycles. The molecule has 0 saturated heterocycles. The van der Waals surface area contributed by atoms with Crippen molar-refractivity contribution in [2.24, 2.45) is 0 Å². The van der Waals surface area contributed by atoms with E-state index in [2.05, 4.69) is 25.6 Å². The van der Waals surface area contributed by atoms with Crippen LogP contribution in [0.4, 0.5) is 11.9 Å². The fourth-order valence-electron chi connectivity index (χ4n) is 1.75. The van der Waals surface area contributed by atoms with Crippen LogP contribution in [0.15, 0.2) is 0 Å². The van der Waals surface area contributed by atoms with Crippen molar-refractivity contribution in [3.8, 4) is 6.01 Å². The molecular weight excluding hydrogens is 260 g/mol. The maximum Gasteiger partial charge on any atom is 0.323 e. The van der Waals surface area contributed by atoms with E-state index in [1.807, 2.05) is 25.9 Å². The third kappa shape index (κ3) is 5.54. The van der Waals surface area contributed by atoms with Gasteiger partial charge in [-0.2, -0.15) is 15.0 Å². The van der Waals surface area contributed by atoms with Crippen LogP contribution in [-0.2, 0) is 0 Å². The summed E-state index contributed by atoms with van der Waals surface area (Å²) in [6.45, 7) is 4.94. The van der Waals surface area contributed by atoms with E-state index >= 15 is 0 Å². The summed E-state index contributed by atoms with van der Waals surface area (Å²) in [5.41, 5.74) is -0.887. The lowest BCUT2D eigenvalue weighted by Crippen LogP contribution is -2.43. The van der Waals surface area contributed by atoms with Gasteiger partial charge in [-0.25, -0.2) is 0 Å². The molecule has 0 saturated carbocycles. The first-order valence-electron chi connectivity index (χ1n) is 6.54. The topological polar surface area (TPSA) is 95.4 Å². The van der Waals surface area contributed by atoms with Gasteiger partial charge in [0.15, 0.2) is 0 Å². The molecule has 0 aliphatic heterocycles. The Morgan fingerprint density at radius 1 is 1.25 bits per heavy atom. The van der Waals surface area contributed by atoms with Gasteiger partial charge in [-0.3, -0.25) is 0 Å². The van der Waals surface area contributed by atoms with Crippen molar-refractivity contribution >= 4 is 11.9 Å². The van der Waals surface area contributed by atoms with Crippen LogP contribution in [0.5, 0.6) is 6.01 Å². The fraction of sp³-hybridized carbons (Fsp3) is 0.750. The molecule has 0 amide bonds. The number of hydrogen-bond acceptors (Lipinski definition) is 8. The highest BCUT2D eigenvalue weighted by molar-refractivity contribution is 5.35. The minimum absolute atomic E-state index is 0.251. The summed E-state index contributed by atoms with van der Waals surface area (Å²) in [5, 5.41) is 16.1. The summed E-state index contributed by atoms with van der Waals surface area (Å²) in [6.07, 6.45) is 0. The quantitative estimate of drug-likeness (QED) is 0.616. The Labute approximate surface area is 119 Å². The molecule has 0 aliphatic rings. The number of aromatic nitrogens is 3. The summed E-state index contributed by atoms with van der Waals surface area (Å²) in [7, 11) is 5.53. The lowest BCUT2D eigenvalue weighted by Gasteiger charge is -2.27. The molecule has 0 radical (unpaired) electrons. The molecule has 20 heavy (non-hydrogen) atoms. The van der Waals surface area contributed by atoms with E-state index in [0.717, 1.165) is 0 Å². The van der Waals surface area contributed by atoms with Crippen LogP contribution in [0.1, 0.15) is 13.8 Å². The van der Waals surface area contributed by atoms with Crippen molar-refractivity contribution in [2.75, 3.05) is 51.5 Å². The average Bonchev–Trinajstić information content (AvgIpc) is 2.35. The minimum atomic E-state index is -0.887. The van der Waals surface area contributed by atoms with Gasteiger partial charge in [-0.15, -0.1) is 0 Å². The molecule has 0 bridgehead atoms. The van der Waals surface area contributed by atoms with E-state index in [-0.39, 0.29) is 6.01 Å². The largest absolute Gasteiger partial charge is 0.464 e. The van der Waals surface area contributed by atoms with Crippen LogP contribution in [-0.4, -0.2) is 71.4 Å². The van der Waals surface area contributed by atoms with Gasteiger partial charge in [0.25, 0.3) is 0 Å². The fourth-order valence-corrected chi connectivity index (χ4v) is 1.75. The highest BCUT2D eigenvalue weighted by Crippen LogP contribution is 2.12. The van der Waals surface area contributed by atoms with Gasteiger partial charge in [0.1, 0.15) is 0 Å². The molecule has 8 heteroatoms. The predicted octanol–water partition coefficient (Wildman–Crippen LogP) is 0.0365. The first-order valence-corrected chi connectivity index (χ1v) is 6.54. The lowest BCUT2D eigenvalue weighted by atomic mass is 10.1. The zero-order chi connectivity index (χ0) is 15.2. The van der Waals surface area contributed by atoms with Crippen LogP contribution in [0.2, 0.25) is 0 Å². The highest BCUT2D eigenvalue weighted by Gasteiger charge is 2.21. The van der Waals surface area contributed by atoms with Crippen molar-refractivity contribution in [1.82, 2.24) is 19.9 Å². The molecule has 1 unspecified atom stereocenters. The Balaban J connectivity index is 2.73. The summed E-state index contributed by atoms with van der Waals surface area (Å²) < 4.78 is 5.27. The smallest absolute Gasteiger partial charge is 0.323 e. The van der Waals surface area contributed by atoms with Crippen molar-refractivity contribution in [2.45, 2.75) is 19.4 Å². The van der Waals surface area contributed by atoms with E-state index in [1.54, 1.807) is 14.0 Å². The maximum atomic E-state index is 10.2. The van der Waals surface area contributed by atoms with Crippen molar-refractivity contribution in [3.63, 3.8) is 0 Å². The maximum absolute atomic E-state index is 10.2. The van der Waals surface area contributed by atoms with E-state index in [1.165, 1.54) is 0 Å². The Hall–Kier alpha value is -1.67. The first-order chi connectivity index (χ1) is 9.36. The average molecular weight is 284 g/mol. The second-order valence-corrected chi connectivity index (χ2v) is 5.04. The van der Waals surface area contributed by atoms with Gasteiger partial charge in [0.05, 0.1) is 12.2 Å². The molecule has 1 rings (SSSR count). The zero-order valence-electron chi connectivity index (χ0n) is 12.8. The summed E-state index contributed by atoms with van der Waals surface area (Å²) in [5.74, 6) is 0.782. The standard InChI is InChI=1S/C12H24N6O2/c1-6-20-11-16-9(13-3)15-10(17-11)14-7-12(2,19)8-18(4)5/h19H,6-8H2,1-5H3,(H2,13,14,15,16,17). The molecule has 0 fully saturated rings. The Morgan fingerprint density at radius 3 is 2.45 bits per heavy atom. The minimum Gasteiger partial charge on any atom is -0.464 e. The van der Waals surface area contributed by atoms with E-state index in [0.29, 0.717) is 31.6 Å². The lowest BCUT2D eigenvalue weighted by molar-refractivity contribution is 0.0458. The van der Waals surface area contributed by atoms with Gasteiger partial charge in [0.2, 0.25) is 11.9 Å². The number of likely N-dealkylation sites (N-methyl/N-ethyl adjacent to an activating group) is 1. The molecule has 1 aromatic rings. The molecule has 1 atom stereocenters. The van der Waals surface area contributed by atoms with Crippen LogP contribution in [0.3, 0.4) is 0 Å². The molecule has 8 nitrogen and oxygen atoms in total. The van der Waals surface area contributed by atoms with Crippen molar-refractivity contribution < 1.29 is 9.84 Å². The molecule has 0 aromatic carbocycles. The number of hydrogen-bond donors (Lipinski definition) is 3. The first kappa shape index (κ1) is 16.4. The van der Waals surface area contributed by atoms with E-state index in [4.69, 9.17) is 4.74 Å². The Bertz CT molecular complexity index is 424. The molecule has 0 aliphatic carbocycles. The third-order valence-electron chi connectivity index (χ3n) is 2.40. The highest BCUT2D eigenvalue weighted by atomic mass is 16.5. The van der Waals surface area contributed by atoms with Gasteiger partial charge in [-0.05, 0) is 27.9 Å². The molecule has 1 heterocycles. The Morgan fingerprint density at radius 2 is 1.90 bits per heavy atom. The van der Waals surface area contributed by atoms with Crippen LogP contribution >= 0.6 is 0 Å². The predicted molar refractivity (Wildman–Crippen MR) is 78.2 cm³/mol. The number of rotatable bonds is 8. The number of nitrogens with zero attached hydrogens (tertiary/aromatic N) is 4. The van der Waals surface area contributed by atoms with Crippen molar-refractivity contribution in [1.29, 1.82) is 0 Å². The second-order valence-electron chi connectivity index (χ2n) is 5.04. The molecule has 0 spiro atoms. The number of aliphatic hydroxyl groups is 1. The second kappa shape index (κ2) is 7.20. The summed E-state index contributed by atoms with van der Waals surface area (Å²) in [6, 6.07) is 0.251. The van der Waals surface area contributed by atoms with Crippen LogP contribution in [0, 0.1) is 0 Å². The molecule has 114 valence electrons. The normalized spacial score (nSPS) is 13.9. The summed E-state index contributed by atoms with van der Waals surface area (Å²) in [4.78, 5) is 14.3. The van der Waals surface area contributed by atoms with Gasteiger partial charge in [0, 0.05) is 20.1 Å². The third-order valence-corrected chi connectivity index (χ3v) is 2.40. The van der Waals surface area contributed by atoms with Gasteiger partial charge < -0.3 is 25.4 Å². The monoisotopic (exact) mass is 284 g/mol. The number of anilines is 2. The van der Waals surface area contributed by atoms with E-state index < -0.39 is 5.60 Å². The number of nitrogens with one attached hydrogen (secondary N) is 2. The van der Waals surface area contributed by atoms with Gasteiger partial charge in [-0.1, -0.05) is 0 Å². The Kier molecular flexibility index (Phi) is 5.90. The van der Waals surface area contributed by atoms with Crippen molar-refractivity contribution in [3.05, 3.63) is 0 Å². The van der Waals surface area contributed by atoms with Gasteiger partial charge >= 0.3 is 6.01 Å².